The van der Waals surface area contributed by atoms with E-state index < -0.39 is 5.97 Å². The van der Waals surface area contributed by atoms with E-state index in [2.05, 4.69) is 10.3 Å². The van der Waals surface area contributed by atoms with Crippen LogP contribution in [0.4, 0.5) is 5.69 Å². The largest absolute Gasteiger partial charge is 0.477 e. The number of anilines is 1. The van der Waals surface area contributed by atoms with Gasteiger partial charge in [-0.1, -0.05) is 0 Å². The summed E-state index contributed by atoms with van der Waals surface area (Å²) in [4.78, 5) is 14.5. The first-order valence-electron chi connectivity index (χ1n) is 5.29. The summed E-state index contributed by atoms with van der Waals surface area (Å²) in [6.45, 7) is 1.52. The van der Waals surface area contributed by atoms with Crippen molar-refractivity contribution in [2.75, 3.05) is 18.5 Å². The molecule has 0 atom stereocenters. The van der Waals surface area contributed by atoms with Gasteiger partial charge in [0.1, 0.15) is 5.69 Å². The number of nitrogens with one attached hydrogen (secondary N) is 1. The van der Waals surface area contributed by atoms with Crippen LogP contribution in [0.3, 0.4) is 0 Å². The Bertz CT molecular complexity index is 375. The van der Waals surface area contributed by atoms with Crippen LogP contribution in [0.15, 0.2) is 18.3 Å². The van der Waals surface area contributed by atoms with E-state index in [0.717, 1.165) is 31.7 Å². The average molecular weight is 222 g/mol. The van der Waals surface area contributed by atoms with Crippen molar-refractivity contribution in [3.8, 4) is 0 Å². The van der Waals surface area contributed by atoms with Crippen LogP contribution in [0.2, 0.25) is 0 Å². The maximum absolute atomic E-state index is 10.7. The van der Waals surface area contributed by atoms with E-state index in [1.54, 1.807) is 12.1 Å². The van der Waals surface area contributed by atoms with E-state index in [4.69, 9.17) is 9.84 Å². The van der Waals surface area contributed by atoms with Gasteiger partial charge < -0.3 is 15.2 Å². The average Bonchev–Trinajstić information content (AvgIpc) is 2.30. The first-order chi connectivity index (χ1) is 7.75. The topological polar surface area (TPSA) is 71.5 Å². The van der Waals surface area contributed by atoms with Gasteiger partial charge in [-0.15, -0.1) is 0 Å². The van der Waals surface area contributed by atoms with Crippen LogP contribution >= 0.6 is 0 Å². The quantitative estimate of drug-likeness (QED) is 0.808. The number of rotatable bonds is 3. The van der Waals surface area contributed by atoms with Gasteiger partial charge in [-0.2, -0.15) is 0 Å². The Balaban J connectivity index is 2.02. The van der Waals surface area contributed by atoms with Gasteiger partial charge in [0.15, 0.2) is 0 Å². The number of aromatic carboxylic acids is 1. The fraction of sp³-hybridized carbons (Fsp3) is 0.455. The third kappa shape index (κ3) is 2.70. The molecule has 1 aromatic rings. The van der Waals surface area contributed by atoms with Gasteiger partial charge in [0.25, 0.3) is 0 Å². The first kappa shape index (κ1) is 10.9. The minimum absolute atomic E-state index is 0.0667. The van der Waals surface area contributed by atoms with Gasteiger partial charge in [-0.05, 0) is 25.0 Å². The summed E-state index contributed by atoms with van der Waals surface area (Å²) in [5.74, 6) is -1.00. The van der Waals surface area contributed by atoms with Crippen LogP contribution < -0.4 is 5.32 Å². The normalized spacial score (nSPS) is 17.0. The Kier molecular flexibility index (Phi) is 3.36. The standard InChI is InChI=1S/C11H14N2O3/c14-11(15)10-7-9(1-4-12-10)13-8-2-5-16-6-3-8/h1,4,7-8H,2-3,5-6H2,(H,12,13)(H,14,15). The zero-order chi connectivity index (χ0) is 11.4. The lowest BCUT2D eigenvalue weighted by Gasteiger charge is -2.24. The molecule has 5 nitrogen and oxygen atoms in total. The monoisotopic (exact) mass is 222 g/mol. The maximum Gasteiger partial charge on any atom is 0.354 e. The number of nitrogens with zero attached hydrogens (tertiary/aromatic N) is 1. The van der Waals surface area contributed by atoms with Crippen LogP contribution in [0, 0.1) is 0 Å². The van der Waals surface area contributed by atoms with E-state index in [-0.39, 0.29) is 5.69 Å². The molecular weight excluding hydrogens is 208 g/mol. The van der Waals surface area contributed by atoms with Gasteiger partial charge in [0.05, 0.1) is 0 Å². The number of carboxylic acid groups (broad SMARTS) is 1. The van der Waals surface area contributed by atoms with Crippen molar-refractivity contribution in [2.45, 2.75) is 18.9 Å². The summed E-state index contributed by atoms with van der Waals surface area (Å²) in [6.07, 6.45) is 3.40. The number of pyridine rings is 1. The summed E-state index contributed by atoms with van der Waals surface area (Å²) >= 11 is 0. The number of aromatic nitrogens is 1. The van der Waals surface area contributed by atoms with Crippen molar-refractivity contribution in [3.05, 3.63) is 24.0 Å². The third-order valence-corrected chi connectivity index (χ3v) is 2.57. The number of hydrogen-bond acceptors (Lipinski definition) is 4. The van der Waals surface area contributed by atoms with Crippen molar-refractivity contribution < 1.29 is 14.6 Å². The molecule has 86 valence electrons. The lowest BCUT2D eigenvalue weighted by atomic mass is 10.1. The number of ether oxygens (including phenoxy) is 1. The van der Waals surface area contributed by atoms with Gasteiger partial charge in [0, 0.05) is 31.1 Å². The summed E-state index contributed by atoms with van der Waals surface area (Å²) in [5, 5.41) is 12.1. The fourth-order valence-electron chi connectivity index (χ4n) is 1.71. The molecule has 2 N–H and O–H groups in total. The molecule has 1 aromatic heterocycles. The van der Waals surface area contributed by atoms with Gasteiger partial charge >= 0.3 is 5.97 Å². The number of carboxylic acids is 1. The maximum atomic E-state index is 10.7. The van der Waals surface area contributed by atoms with Gasteiger partial charge in [0.2, 0.25) is 0 Å². The molecule has 0 aliphatic carbocycles. The fourth-order valence-corrected chi connectivity index (χ4v) is 1.71. The highest BCUT2D eigenvalue weighted by Crippen LogP contribution is 2.15. The van der Waals surface area contributed by atoms with Crippen molar-refractivity contribution in [3.63, 3.8) is 0 Å². The second kappa shape index (κ2) is 4.94. The smallest absolute Gasteiger partial charge is 0.354 e. The molecule has 0 aromatic carbocycles. The summed E-state index contributed by atoms with van der Waals surface area (Å²) in [5.41, 5.74) is 0.872. The number of hydrogen-bond donors (Lipinski definition) is 2. The molecule has 0 bridgehead atoms. The van der Waals surface area contributed by atoms with E-state index in [1.165, 1.54) is 6.20 Å². The summed E-state index contributed by atoms with van der Waals surface area (Å²) in [7, 11) is 0. The van der Waals surface area contributed by atoms with E-state index >= 15 is 0 Å². The van der Waals surface area contributed by atoms with E-state index in [0.29, 0.717) is 6.04 Å². The second-order valence-corrected chi connectivity index (χ2v) is 3.77. The van der Waals surface area contributed by atoms with Gasteiger partial charge in [-0.3, -0.25) is 0 Å². The molecule has 0 spiro atoms. The Morgan fingerprint density at radius 1 is 1.50 bits per heavy atom. The Labute approximate surface area is 93.5 Å². The zero-order valence-electron chi connectivity index (χ0n) is 8.85. The SMILES string of the molecule is O=C(O)c1cc(NC2CCOCC2)ccn1. The van der Waals surface area contributed by atoms with Crippen LogP contribution in [-0.4, -0.2) is 35.3 Å². The van der Waals surface area contributed by atoms with Crippen LogP contribution in [0.25, 0.3) is 0 Å². The van der Waals surface area contributed by atoms with Crippen molar-refractivity contribution >= 4 is 11.7 Å². The highest BCUT2D eigenvalue weighted by Gasteiger charge is 2.14. The van der Waals surface area contributed by atoms with Crippen LogP contribution in [-0.2, 0) is 4.74 Å². The molecule has 0 radical (unpaired) electrons. The Morgan fingerprint density at radius 3 is 2.94 bits per heavy atom. The third-order valence-electron chi connectivity index (χ3n) is 2.57. The van der Waals surface area contributed by atoms with E-state index in [9.17, 15) is 4.79 Å². The second-order valence-electron chi connectivity index (χ2n) is 3.77. The molecule has 1 fully saturated rings. The Hall–Kier alpha value is -1.62. The molecule has 16 heavy (non-hydrogen) atoms. The molecule has 2 heterocycles. The lowest BCUT2D eigenvalue weighted by molar-refractivity contribution is 0.0690. The van der Waals surface area contributed by atoms with Crippen LogP contribution in [0.5, 0.6) is 0 Å². The molecule has 1 saturated heterocycles. The molecule has 1 aliphatic rings. The zero-order valence-corrected chi connectivity index (χ0v) is 8.85. The molecule has 1 aliphatic heterocycles. The first-order valence-corrected chi connectivity index (χ1v) is 5.29. The highest BCUT2D eigenvalue weighted by molar-refractivity contribution is 5.86. The van der Waals surface area contributed by atoms with Crippen LogP contribution in [0.1, 0.15) is 23.3 Å². The van der Waals surface area contributed by atoms with Crippen molar-refractivity contribution in [2.24, 2.45) is 0 Å². The highest BCUT2D eigenvalue weighted by atomic mass is 16.5. The molecule has 0 saturated carbocycles. The molecule has 0 unspecified atom stereocenters. The molecular formula is C11H14N2O3. The van der Waals surface area contributed by atoms with Gasteiger partial charge in [-0.25, -0.2) is 9.78 Å². The minimum Gasteiger partial charge on any atom is -0.477 e. The van der Waals surface area contributed by atoms with E-state index in [1.807, 2.05) is 0 Å². The van der Waals surface area contributed by atoms with Crippen molar-refractivity contribution in [1.82, 2.24) is 4.98 Å². The number of carbonyl (C=O) groups is 1. The summed E-state index contributed by atoms with van der Waals surface area (Å²) in [6, 6.07) is 3.69. The lowest BCUT2D eigenvalue weighted by Crippen LogP contribution is -2.27. The Morgan fingerprint density at radius 2 is 2.25 bits per heavy atom. The minimum atomic E-state index is -1.00. The molecule has 0 amide bonds. The predicted octanol–water partition coefficient (Wildman–Crippen LogP) is 1.37. The summed E-state index contributed by atoms with van der Waals surface area (Å²) < 4.78 is 5.25. The molecule has 5 heteroatoms. The molecule has 2 rings (SSSR count). The predicted molar refractivity (Wildman–Crippen MR) is 58.7 cm³/mol. The van der Waals surface area contributed by atoms with Crippen molar-refractivity contribution in [1.29, 1.82) is 0 Å².